The molecule has 0 radical (unpaired) electrons. The van der Waals surface area contributed by atoms with E-state index in [-0.39, 0.29) is 23.1 Å². The monoisotopic (exact) mass is 229 g/mol. The van der Waals surface area contributed by atoms with Gasteiger partial charge in [-0.3, -0.25) is 0 Å². The van der Waals surface area contributed by atoms with Gasteiger partial charge in [0, 0.05) is 6.07 Å². The minimum atomic E-state index is -0.166. The molecule has 86 valence electrons. The van der Waals surface area contributed by atoms with Crippen LogP contribution in [0.4, 0.5) is 23.0 Å². The summed E-state index contributed by atoms with van der Waals surface area (Å²) in [5.74, 6) is -0.0673. The van der Waals surface area contributed by atoms with Gasteiger partial charge in [-0.25, -0.2) is 4.98 Å². The Morgan fingerprint density at radius 3 is 2.41 bits per heavy atom. The molecule has 0 saturated heterocycles. The largest absolute Gasteiger partial charge is 0.504 e. The van der Waals surface area contributed by atoms with E-state index in [1.807, 2.05) is 18.2 Å². The number of anilines is 2. The van der Waals surface area contributed by atoms with Gasteiger partial charge >= 0.3 is 0 Å². The van der Waals surface area contributed by atoms with E-state index in [0.29, 0.717) is 5.69 Å². The van der Waals surface area contributed by atoms with E-state index in [1.54, 1.807) is 12.1 Å². The summed E-state index contributed by atoms with van der Waals surface area (Å²) in [7, 11) is 0. The number of azo groups is 1. The quantitative estimate of drug-likeness (QED) is 0.686. The number of nitrogens with two attached hydrogens (primary N) is 2. The number of aromatic nitrogens is 1. The maximum absolute atomic E-state index is 9.38. The second kappa shape index (κ2) is 4.48. The van der Waals surface area contributed by atoms with Crippen LogP contribution in [-0.2, 0) is 0 Å². The van der Waals surface area contributed by atoms with Crippen molar-refractivity contribution in [2.45, 2.75) is 0 Å². The molecule has 0 aliphatic heterocycles. The molecule has 5 N–H and O–H groups in total. The highest BCUT2D eigenvalue weighted by Crippen LogP contribution is 2.30. The van der Waals surface area contributed by atoms with Crippen molar-refractivity contribution in [3.63, 3.8) is 0 Å². The second-order valence-corrected chi connectivity index (χ2v) is 3.33. The number of aromatic hydroxyl groups is 1. The molecule has 0 amide bonds. The van der Waals surface area contributed by atoms with Gasteiger partial charge in [0.25, 0.3) is 0 Å². The third kappa shape index (κ3) is 2.49. The fourth-order valence-corrected chi connectivity index (χ4v) is 1.21. The molecule has 6 heteroatoms. The van der Waals surface area contributed by atoms with Gasteiger partial charge in [0.2, 0.25) is 0 Å². The highest BCUT2D eigenvalue weighted by atomic mass is 16.3. The van der Waals surface area contributed by atoms with E-state index >= 15 is 0 Å². The highest BCUT2D eigenvalue weighted by Gasteiger charge is 2.05. The van der Waals surface area contributed by atoms with Crippen LogP contribution in [0.2, 0.25) is 0 Å². The molecule has 0 saturated carbocycles. The second-order valence-electron chi connectivity index (χ2n) is 3.33. The normalized spacial score (nSPS) is 10.8. The molecule has 2 aromatic rings. The summed E-state index contributed by atoms with van der Waals surface area (Å²) in [6, 6.07) is 10.5. The van der Waals surface area contributed by atoms with Crippen LogP contribution in [0.5, 0.6) is 5.75 Å². The summed E-state index contributed by atoms with van der Waals surface area (Å²) in [6.45, 7) is 0. The first-order valence-electron chi connectivity index (χ1n) is 4.88. The Morgan fingerprint density at radius 2 is 1.71 bits per heavy atom. The van der Waals surface area contributed by atoms with Crippen LogP contribution in [0.1, 0.15) is 0 Å². The van der Waals surface area contributed by atoms with E-state index < -0.39 is 0 Å². The third-order valence-electron chi connectivity index (χ3n) is 2.07. The van der Waals surface area contributed by atoms with Gasteiger partial charge in [0.05, 0.1) is 5.69 Å². The third-order valence-corrected chi connectivity index (χ3v) is 2.07. The Morgan fingerprint density at radius 1 is 1.00 bits per heavy atom. The smallest absolute Gasteiger partial charge is 0.168 e. The molecule has 1 heterocycles. The van der Waals surface area contributed by atoms with Crippen molar-refractivity contribution >= 4 is 23.0 Å². The van der Waals surface area contributed by atoms with Crippen LogP contribution in [0.15, 0.2) is 46.6 Å². The van der Waals surface area contributed by atoms with E-state index in [4.69, 9.17) is 11.5 Å². The van der Waals surface area contributed by atoms with Crippen LogP contribution >= 0.6 is 0 Å². The number of rotatable bonds is 2. The van der Waals surface area contributed by atoms with E-state index in [1.165, 1.54) is 6.07 Å². The minimum absolute atomic E-state index is 0.0267. The van der Waals surface area contributed by atoms with Crippen molar-refractivity contribution in [2.75, 3.05) is 11.5 Å². The summed E-state index contributed by atoms with van der Waals surface area (Å²) < 4.78 is 0. The Kier molecular flexibility index (Phi) is 2.87. The molecule has 0 fully saturated rings. The lowest BCUT2D eigenvalue weighted by atomic mass is 10.3. The first kappa shape index (κ1) is 10.9. The standard InChI is InChI=1S/C11H11N5O/c12-10-8(6-9(17)11(13)14-10)16-15-7-4-2-1-3-5-7/h1-6,17H,(H4,12,13,14). The summed E-state index contributed by atoms with van der Waals surface area (Å²) in [5, 5.41) is 17.2. The van der Waals surface area contributed by atoms with Gasteiger partial charge in [-0.05, 0) is 12.1 Å². The molecule has 0 unspecified atom stereocenters. The average molecular weight is 229 g/mol. The van der Waals surface area contributed by atoms with Crippen LogP contribution in [0, 0.1) is 0 Å². The summed E-state index contributed by atoms with van der Waals surface area (Å²) in [4.78, 5) is 3.74. The van der Waals surface area contributed by atoms with Gasteiger partial charge < -0.3 is 16.6 Å². The first-order chi connectivity index (χ1) is 8.16. The fraction of sp³-hybridized carbons (Fsp3) is 0. The lowest BCUT2D eigenvalue weighted by Gasteiger charge is -2.01. The maximum atomic E-state index is 9.38. The Hall–Kier alpha value is -2.63. The van der Waals surface area contributed by atoms with Gasteiger partial charge in [0.1, 0.15) is 5.69 Å². The van der Waals surface area contributed by atoms with Crippen LogP contribution in [-0.4, -0.2) is 10.1 Å². The topological polar surface area (TPSA) is 110 Å². The molecule has 1 aromatic carbocycles. The van der Waals surface area contributed by atoms with E-state index in [0.717, 1.165) is 0 Å². The lowest BCUT2D eigenvalue weighted by molar-refractivity contribution is 0.476. The fourth-order valence-electron chi connectivity index (χ4n) is 1.21. The molecule has 2 rings (SSSR count). The van der Waals surface area contributed by atoms with E-state index in [2.05, 4.69) is 15.2 Å². The van der Waals surface area contributed by atoms with Crippen LogP contribution in [0.3, 0.4) is 0 Å². The number of nitrogens with zero attached hydrogens (tertiary/aromatic N) is 3. The van der Waals surface area contributed by atoms with Crippen LogP contribution < -0.4 is 11.5 Å². The molecule has 0 spiro atoms. The number of nitrogen functional groups attached to an aromatic ring is 2. The summed E-state index contributed by atoms with van der Waals surface area (Å²) >= 11 is 0. The predicted molar refractivity (Wildman–Crippen MR) is 65.3 cm³/mol. The highest BCUT2D eigenvalue weighted by molar-refractivity contribution is 5.65. The van der Waals surface area contributed by atoms with Gasteiger partial charge in [-0.2, -0.15) is 5.11 Å². The van der Waals surface area contributed by atoms with Crippen molar-refractivity contribution in [1.29, 1.82) is 0 Å². The zero-order valence-corrected chi connectivity index (χ0v) is 8.91. The molecule has 0 aliphatic carbocycles. The molecular weight excluding hydrogens is 218 g/mol. The van der Waals surface area contributed by atoms with Crippen molar-refractivity contribution < 1.29 is 5.11 Å². The Balaban J connectivity index is 2.31. The molecule has 0 atom stereocenters. The zero-order valence-electron chi connectivity index (χ0n) is 8.91. The maximum Gasteiger partial charge on any atom is 0.168 e. The molecule has 17 heavy (non-hydrogen) atoms. The summed E-state index contributed by atoms with van der Waals surface area (Å²) in [6.07, 6.45) is 0. The predicted octanol–water partition coefficient (Wildman–Crippen LogP) is 2.37. The van der Waals surface area contributed by atoms with E-state index in [9.17, 15) is 5.11 Å². The molecule has 6 nitrogen and oxygen atoms in total. The zero-order chi connectivity index (χ0) is 12.3. The molecule has 0 bridgehead atoms. The average Bonchev–Trinajstić information content (AvgIpc) is 2.33. The van der Waals surface area contributed by atoms with Crippen molar-refractivity contribution in [3.05, 3.63) is 36.4 Å². The van der Waals surface area contributed by atoms with Gasteiger partial charge in [-0.15, -0.1) is 5.11 Å². The Bertz CT molecular complexity index is 553. The number of hydrogen-bond acceptors (Lipinski definition) is 6. The molecule has 0 aliphatic rings. The molecule has 1 aromatic heterocycles. The SMILES string of the molecule is Nc1nc(N)c(N=Nc2ccccc2)cc1O. The minimum Gasteiger partial charge on any atom is -0.504 e. The first-order valence-corrected chi connectivity index (χ1v) is 4.88. The number of pyridine rings is 1. The van der Waals surface area contributed by atoms with Crippen molar-refractivity contribution in [1.82, 2.24) is 4.98 Å². The lowest BCUT2D eigenvalue weighted by Crippen LogP contribution is -1.96. The number of benzene rings is 1. The van der Waals surface area contributed by atoms with Crippen molar-refractivity contribution in [3.8, 4) is 5.75 Å². The Labute approximate surface area is 97.6 Å². The van der Waals surface area contributed by atoms with Gasteiger partial charge in [0.15, 0.2) is 17.4 Å². The number of hydrogen-bond donors (Lipinski definition) is 3. The molecular formula is C11H11N5O. The van der Waals surface area contributed by atoms with Gasteiger partial charge in [-0.1, -0.05) is 18.2 Å². The van der Waals surface area contributed by atoms with Crippen molar-refractivity contribution in [2.24, 2.45) is 10.2 Å². The van der Waals surface area contributed by atoms with Crippen LogP contribution in [0.25, 0.3) is 0 Å². The summed E-state index contributed by atoms with van der Waals surface area (Å²) in [5.41, 5.74) is 11.9.